The van der Waals surface area contributed by atoms with Crippen LogP contribution in [0.2, 0.25) is 0 Å². The van der Waals surface area contributed by atoms with Crippen LogP contribution < -0.4 is 16.6 Å². The van der Waals surface area contributed by atoms with E-state index in [0.29, 0.717) is 17.2 Å². The number of benzene rings is 1. The summed E-state index contributed by atoms with van der Waals surface area (Å²) in [5.41, 5.74) is 3.85. The summed E-state index contributed by atoms with van der Waals surface area (Å²) in [6.07, 6.45) is 3.10. The van der Waals surface area contributed by atoms with Crippen LogP contribution in [0.15, 0.2) is 36.7 Å². The van der Waals surface area contributed by atoms with Crippen molar-refractivity contribution in [3.63, 3.8) is 0 Å². The van der Waals surface area contributed by atoms with E-state index in [0.717, 1.165) is 5.69 Å². The summed E-state index contributed by atoms with van der Waals surface area (Å²) in [5.74, 6) is 6.28. The molecule has 0 unspecified atom stereocenters. The number of nitriles is 1. The monoisotopic (exact) mass is 226 g/mol. The molecule has 0 aliphatic rings. The summed E-state index contributed by atoms with van der Waals surface area (Å²) < 4.78 is 0. The Balaban J connectivity index is 2.16. The average Bonchev–Trinajstić information content (AvgIpc) is 2.40. The summed E-state index contributed by atoms with van der Waals surface area (Å²) in [7, 11) is 0. The molecule has 84 valence electrons. The summed E-state index contributed by atoms with van der Waals surface area (Å²) in [5, 5.41) is 11.7. The van der Waals surface area contributed by atoms with Gasteiger partial charge in [0.15, 0.2) is 11.6 Å². The smallest absolute Gasteiger partial charge is 0.160 e. The summed E-state index contributed by atoms with van der Waals surface area (Å²) >= 11 is 0. The SMILES string of the molecule is N#Cc1ccc(Nc2cncc(NN)n2)cc1. The lowest BCUT2D eigenvalue weighted by Gasteiger charge is -2.06. The van der Waals surface area contributed by atoms with Gasteiger partial charge in [0.25, 0.3) is 0 Å². The van der Waals surface area contributed by atoms with E-state index in [1.54, 1.807) is 30.5 Å². The molecule has 2 rings (SSSR count). The Morgan fingerprint density at radius 2 is 1.82 bits per heavy atom. The Morgan fingerprint density at radius 3 is 2.47 bits per heavy atom. The molecule has 0 aliphatic heterocycles. The normalized spacial score (nSPS) is 9.41. The minimum absolute atomic E-state index is 0.476. The van der Waals surface area contributed by atoms with Crippen LogP contribution >= 0.6 is 0 Å². The number of nitrogens with zero attached hydrogens (tertiary/aromatic N) is 3. The molecular weight excluding hydrogens is 216 g/mol. The average molecular weight is 226 g/mol. The minimum Gasteiger partial charge on any atom is -0.339 e. The molecule has 0 saturated carbocycles. The van der Waals surface area contributed by atoms with Crippen molar-refractivity contribution < 1.29 is 0 Å². The van der Waals surface area contributed by atoms with E-state index < -0.39 is 0 Å². The van der Waals surface area contributed by atoms with Gasteiger partial charge in [0.2, 0.25) is 0 Å². The molecular formula is C11H10N6. The zero-order valence-electron chi connectivity index (χ0n) is 8.88. The van der Waals surface area contributed by atoms with Crippen molar-refractivity contribution in [2.75, 3.05) is 10.7 Å². The number of rotatable bonds is 3. The van der Waals surface area contributed by atoms with Crippen LogP contribution in [0.1, 0.15) is 5.56 Å². The third kappa shape index (κ3) is 2.68. The molecule has 0 saturated heterocycles. The maximum absolute atomic E-state index is 8.67. The van der Waals surface area contributed by atoms with E-state index in [1.165, 1.54) is 6.20 Å². The molecule has 0 spiro atoms. The van der Waals surface area contributed by atoms with E-state index in [4.69, 9.17) is 11.1 Å². The highest BCUT2D eigenvalue weighted by molar-refractivity contribution is 5.57. The maximum Gasteiger partial charge on any atom is 0.160 e. The third-order valence-electron chi connectivity index (χ3n) is 2.07. The number of hydrazine groups is 1. The topological polar surface area (TPSA) is 99.7 Å². The third-order valence-corrected chi connectivity index (χ3v) is 2.07. The molecule has 1 heterocycles. The zero-order chi connectivity index (χ0) is 12.1. The van der Waals surface area contributed by atoms with Crippen LogP contribution in [0.5, 0.6) is 0 Å². The Hall–Kier alpha value is -2.65. The van der Waals surface area contributed by atoms with Gasteiger partial charge in [0.1, 0.15) is 0 Å². The fraction of sp³-hybridized carbons (Fsp3) is 0. The minimum atomic E-state index is 0.476. The van der Waals surface area contributed by atoms with Crippen molar-refractivity contribution in [1.29, 1.82) is 5.26 Å². The second-order valence-corrected chi connectivity index (χ2v) is 3.25. The van der Waals surface area contributed by atoms with Gasteiger partial charge in [-0.25, -0.2) is 10.8 Å². The predicted octanol–water partition coefficient (Wildman–Crippen LogP) is 1.38. The van der Waals surface area contributed by atoms with E-state index in [2.05, 4.69) is 26.8 Å². The second-order valence-electron chi connectivity index (χ2n) is 3.25. The molecule has 2 aromatic rings. The van der Waals surface area contributed by atoms with Gasteiger partial charge in [-0.05, 0) is 24.3 Å². The van der Waals surface area contributed by atoms with Crippen molar-refractivity contribution in [3.8, 4) is 6.07 Å². The van der Waals surface area contributed by atoms with Crippen molar-refractivity contribution in [1.82, 2.24) is 9.97 Å². The fourth-order valence-electron chi connectivity index (χ4n) is 1.27. The van der Waals surface area contributed by atoms with E-state index >= 15 is 0 Å². The molecule has 0 radical (unpaired) electrons. The van der Waals surface area contributed by atoms with E-state index in [9.17, 15) is 0 Å². The number of nitrogen functional groups attached to an aromatic ring is 1. The highest BCUT2D eigenvalue weighted by Crippen LogP contribution is 2.15. The van der Waals surface area contributed by atoms with Gasteiger partial charge in [0.05, 0.1) is 24.0 Å². The number of hydrogen-bond donors (Lipinski definition) is 3. The van der Waals surface area contributed by atoms with Crippen molar-refractivity contribution in [3.05, 3.63) is 42.2 Å². The Labute approximate surface area is 98.1 Å². The quantitative estimate of drug-likeness (QED) is 0.540. The van der Waals surface area contributed by atoms with Crippen molar-refractivity contribution >= 4 is 17.3 Å². The summed E-state index contributed by atoms with van der Waals surface area (Å²) in [4.78, 5) is 8.12. The van der Waals surface area contributed by atoms with Crippen LogP contribution in [0.4, 0.5) is 17.3 Å². The van der Waals surface area contributed by atoms with Crippen LogP contribution in [-0.2, 0) is 0 Å². The fourth-order valence-corrected chi connectivity index (χ4v) is 1.27. The standard InChI is InChI=1S/C11H10N6/c12-5-8-1-3-9(4-2-8)15-10-6-14-7-11(16-10)17-13/h1-4,6-7H,13H2,(H2,15,16,17). The zero-order valence-corrected chi connectivity index (χ0v) is 8.88. The Kier molecular flexibility index (Phi) is 3.14. The molecule has 0 bridgehead atoms. The molecule has 6 nitrogen and oxygen atoms in total. The molecule has 17 heavy (non-hydrogen) atoms. The van der Waals surface area contributed by atoms with Gasteiger partial charge in [0, 0.05) is 5.69 Å². The van der Waals surface area contributed by atoms with E-state index in [-0.39, 0.29) is 0 Å². The number of anilines is 3. The van der Waals surface area contributed by atoms with Crippen LogP contribution in [0.25, 0.3) is 0 Å². The second kappa shape index (κ2) is 4.92. The van der Waals surface area contributed by atoms with Crippen molar-refractivity contribution in [2.24, 2.45) is 5.84 Å². The highest BCUT2D eigenvalue weighted by Gasteiger charge is 1.98. The lowest BCUT2D eigenvalue weighted by atomic mass is 10.2. The Bertz CT molecular complexity index is 543. The van der Waals surface area contributed by atoms with Crippen molar-refractivity contribution in [2.45, 2.75) is 0 Å². The lowest BCUT2D eigenvalue weighted by Crippen LogP contribution is -2.09. The summed E-state index contributed by atoms with van der Waals surface area (Å²) in [6, 6.07) is 9.09. The maximum atomic E-state index is 8.67. The lowest BCUT2D eigenvalue weighted by molar-refractivity contribution is 1.16. The number of hydrogen-bond acceptors (Lipinski definition) is 6. The molecule has 0 aliphatic carbocycles. The molecule has 0 atom stereocenters. The number of nitrogens with one attached hydrogen (secondary N) is 2. The van der Waals surface area contributed by atoms with Crippen LogP contribution in [0, 0.1) is 11.3 Å². The van der Waals surface area contributed by atoms with Gasteiger partial charge >= 0.3 is 0 Å². The van der Waals surface area contributed by atoms with Gasteiger partial charge < -0.3 is 10.7 Å². The largest absolute Gasteiger partial charge is 0.339 e. The van der Waals surface area contributed by atoms with Gasteiger partial charge in [-0.15, -0.1) is 0 Å². The molecule has 1 aromatic carbocycles. The molecule has 0 fully saturated rings. The first kappa shape index (κ1) is 10.9. The first-order chi connectivity index (χ1) is 8.31. The number of aromatic nitrogens is 2. The van der Waals surface area contributed by atoms with Crippen LogP contribution in [0.3, 0.4) is 0 Å². The van der Waals surface area contributed by atoms with Crippen LogP contribution in [-0.4, -0.2) is 9.97 Å². The summed E-state index contributed by atoms with van der Waals surface area (Å²) in [6.45, 7) is 0. The van der Waals surface area contributed by atoms with Gasteiger partial charge in [-0.3, -0.25) is 4.98 Å². The molecule has 6 heteroatoms. The van der Waals surface area contributed by atoms with Gasteiger partial charge in [-0.1, -0.05) is 0 Å². The highest BCUT2D eigenvalue weighted by atomic mass is 15.3. The predicted molar refractivity (Wildman–Crippen MR) is 64.3 cm³/mol. The first-order valence-electron chi connectivity index (χ1n) is 4.87. The molecule has 4 N–H and O–H groups in total. The van der Waals surface area contributed by atoms with Gasteiger partial charge in [-0.2, -0.15) is 5.26 Å². The number of nitrogens with two attached hydrogens (primary N) is 1. The van der Waals surface area contributed by atoms with E-state index in [1.807, 2.05) is 0 Å². The molecule has 0 amide bonds. The first-order valence-corrected chi connectivity index (χ1v) is 4.87. The molecule has 1 aromatic heterocycles. The Morgan fingerprint density at radius 1 is 1.12 bits per heavy atom.